The predicted octanol–water partition coefficient (Wildman–Crippen LogP) is 2.31. The summed E-state index contributed by atoms with van der Waals surface area (Å²) in [5, 5.41) is 13.9. The highest BCUT2D eigenvalue weighted by Gasteiger charge is 2.23. The SMILES string of the molecule is CC(C)NC(C)(CO)CCSc1ccccn1. The van der Waals surface area contributed by atoms with Gasteiger partial charge in [-0.3, -0.25) is 0 Å². The topological polar surface area (TPSA) is 45.1 Å². The molecule has 0 spiro atoms. The van der Waals surface area contributed by atoms with Gasteiger partial charge in [0.1, 0.15) is 0 Å². The lowest BCUT2D eigenvalue weighted by atomic mass is 9.99. The van der Waals surface area contributed by atoms with Gasteiger partial charge in [0.15, 0.2) is 0 Å². The fraction of sp³-hybridized carbons (Fsp3) is 0.615. The van der Waals surface area contributed by atoms with Crippen molar-refractivity contribution in [3.63, 3.8) is 0 Å². The Hall–Kier alpha value is -0.580. The number of aliphatic hydroxyl groups excluding tert-OH is 1. The zero-order valence-electron chi connectivity index (χ0n) is 10.8. The number of aromatic nitrogens is 1. The molecule has 0 radical (unpaired) electrons. The first-order chi connectivity index (χ1) is 8.06. The zero-order valence-corrected chi connectivity index (χ0v) is 11.6. The molecule has 0 saturated carbocycles. The van der Waals surface area contributed by atoms with Crippen molar-refractivity contribution < 1.29 is 5.11 Å². The first-order valence-corrected chi connectivity index (χ1v) is 6.97. The molecule has 96 valence electrons. The van der Waals surface area contributed by atoms with Crippen LogP contribution in [0, 0.1) is 0 Å². The molecule has 3 nitrogen and oxygen atoms in total. The van der Waals surface area contributed by atoms with Crippen molar-refractivity contribution in [3.05, 3.63) is 24.4 Å². The molecule has 0 fully saturated rings. The standard InChI is InChI=1S/C13H22N2OS/c1-11(2)15-13(3,10-16)7-9-17-12-6-4-5-8-14-12/h4-6,8,11,15-16H,7,9-10H2,1-3H3. The molecule has 0 saturated heterocycles. The Morgan fingerprint density at radius 3 is 2.76 bits per heavy atom. The Morgan fingerprint density at radius 1 is 1.47 bits per heavy atom. The van der Waals surface area contributed by atoms with Crippen LogP contribution in [0.2, 0.25) is 0 Å². The number of hydrogen-bond donors (Lipinski definition) is 2. The van der Waals surface area contributed by atoms with Gasteiger partial charge in [0.2, 0.25) is 0 Å². The molecular weight excluding hydrogens is 232 g/mol. The molecule has 1 aromatic rings. The van der Waals surface area contributed by atoms with Crippen LogP contribution in [0.15, 0.2) is 29.4 Å². The maximum atomic E-state index is 9.44. The van der Waals surface area contributed by atoms with E-state index < -0.39 is 0 Å². The molecule has 1 heterocycles. The number of hydrogen-bond acceptors (Lipinski definition) is 4. The smallest absolute Gasteiger partial charge is 0.0959 e. The molecule has 0 aromatic carbocycles. The fourth-order valence-electron chi connectivity index (χ4n) is 1.71. The summed E-state index contributed by atoms with van der Waals surface area (Å²) < 4.78 is 0. The van der Waals surface area contributed by atoms with Crippen molar-refractivity contribution in [1.29, 1.82) is 0 Å². The molecular formula is C13H22N2OS. The van der Waals surface area contributed by atoms with Crippen LogP contribution in [0.5, 0.6) is 0 Å². The van der Waals surface area contributed by atoms with Crippen molar-refractivity contribution in [2.45, 2.75) is 43.8 Å². The van der Waals surface area contributed by atoms with E-state index in [4.69, 9.17) is 0 Å². The van der Waals surface area contributed by atoms with Crippen LogP contribution in [0.25, 0.3) is 0 Å². The summed E-state index contributed by atoms with van der Waals surface area (Å²) in [5.74, 6) is 0.952. The largest absolute Gasteiger partial charge is 0.394 e. The van der Waals surface area contributed by atoms with E-state index in [9.17, 15) is 5.11 Å². The summed E-state index contributed by atoms with van der Waals surface area (Å²) in [6.07, 6.45) is 2.73. The van der Waals surface area contributed by atoms with Crippen molar-refractivity contribution in [2.75, 3.05) is 12.4 Å². The Kier molecular flexibility index (Phi) is 5.95. The average molecular weight is 254 g/mol. The normalized spacial score (nSPS) is 14.9. The molecule has 0 aliphatic carbocycles. The van der Waals surface area contributed by atoms with E-state index in [1.165, 1.54) is 0 Å². The van der Waals surface area contributed by atoms with E-state index >= 15 is 0 Å². The summed E-state index contributed by atoms with van der Waals surface area (Å²) >= 11 is 1.73. The maximum absolute atomic E-state index is 9.44. The molecule has 0 bridgehead atoms. The third-order valence-corrected chi connectivity index (χ3v) is 3.47. The number of aliphatic hydroxyl groups is 1. The molecule has 1 aromatic heterocycles. The van der Waals surface area contributed by atoms with Crippen LogP contribution in [-0.4, -0.2) is 34.0 Å². The summed E-state index contributed by atoms with van der Waals surface area (Å²) in [7, 11) is 0. The van der Waals surface area contributed by atoms with Crippen LogP contribution in [0.4, 0.5) is 0 Å². The minimum absolute atomic E-state index is 0.161. The molecule has 2 N–H and O–H groups in total. The minimum Gasteiger partial charge on any atom is -0.394 e. The number of thioether (sulfide) groups is 1. The van der Waals surface area contributed by atoms with Gasteiger partial charge >= 0.3 is 0 Å². The van der Waals surface area contributed by atoms with Gasteiger partial charge in [-0.05, 0) is 25.5 Å². The Balaban J connectivity index is 2.38. The average Bonchev–Trinajstić information content (AvgIpc) is 2.29. The highest BCUT2D eigenvalue weighted by atomic mass is 32.2. The van der Waals surface area contributed by atoms with Crippen molar-refractivity contribution in [2.24, 2.45) is 0 Å². The quantitative estimate of drug-likeness (QED) is 0.733. The van der Waals surface area contributed by atoms with Crippen molar-refractivity contribution in [1.82, 2.24) is 10.3 Å². The fourth-order valence-corrected chi connectivity index (χ4v) is 2.78. The Bertz CT molecular complexity index is 318. The molecule has 0 aliphatic rings. The maximum Gasteiger partial charge on any atom is 0.0959 e. The van der Waals surface area contributed by atoms with Crippen LogP contribution in [0.3, 0.4) is 0 Å². The molecule has 1 atom stereocenters. The van der Waals surface area contributed by atoms with E-state index in [-0.39, 0.29) is 12.1 Å². The van der Waals surface area contributed by atoms with Gasteiger partial charge in [0, 0.05) is 23.5 Å². The molecule has 0 aliphatic heterocycles. The first-order valence-electron chi connectivity index (χ1n) is 5.98. The van der Waals surface area contributed by atoms with Gasteiger partial charge in [-0.25, -0.2) is 4.98 Å². The minimum atomic E-state index is -0.198. The third kappa shape index (κ3) is 5.52. The molecule has 17 heavy (non-hydrogen) atoms. The Morgan fingerprint density at radius 2 is 2.24 bits per heavy atom. The van der Waals surface area contributed by atoms with Crippen molar-refractivity contribution in [3.8, 4) is 0 Å². The molecule has 1 rings (SSSR count). The number of rotatable bonds is 7. The molecule has 4 heteroatoms. The van der Waals surface area contributed by atoms with Gasteiger partial charge < -0.3 is 10.4 Å². The second-order valence-electron chi connectivity index (χ2n) is 4.78. The van der Waals surface area contributed by atoms with Crippen LogP contribution < -0.4 is 5.32 Å². The highest BCUT2D eigenvalue weighted by molar-refractivity contribution is 7.99. The zero-order chi connectivity index (χ0) is 12.7. The van der Waals surface area contributed by atoms with E-state index in [2.05, 4.69) is 31.1 Å². The second kappa shape index (κ2) is 6.99. The van der Waals surface area contributed by atoms with Crippen molar-refractivity contribution >= 4 is 11.8 Å². The number of pyridine rings is 1. The molecule has 1 unspecified atom stereocenters. The van der Waals surface area contributed by atoms with Gasteiger partial charge in [-0.1, -0.05) is 19.9 Å². The highest BCUT2D eigenvalue weighted by Crippen LogP contribution is 2.20. The van der Waals surface area contributed by atoms with Gasteiger partial charge in [-0.15, -0.1) is 11.8 Å². The summed E-state index contributed by atoms with van der Waals surface area (Å²) in [6, 6.07) is 6.30. The van der Waals surface area contributed by atoms with E-state index in [0.717, 1.165) is 17.2 Å². The van der Waals surface area contributed by atoms with Gasteiger partial charge in [-0.2, -0.15) is 0 Å². The van der Waals surface area contributed by atoms with Crippen LogP contribution in [-0.2, 0) is 0 Å². The van der Waals surface area contributed by atoms with Crippen LogP contribution in [0.1, 0.15) is 27.2 Å². The van der Waals surface area contributed by atoms with Gasteiger partial charge in [0.05, 0.1) is 11.6 Å². The summed E-state index contributed by atoms with van der Waals surface area (Å²) in [6.45, 7) is 6.42. The lowest BCUT2D eigenvalue weighted by molar-refractivity contribution is 0.162. The van der Waals surface area contributed by atoms with Gasteiger partial charge in [0.25, 0.3) is 0 Å². The number of nitrogens with zero attached hydrogens (tertiary/aromatic N) is 1. The molecule has 0 amide bonds. The van der Waals surface area contributed by atoms with E-state index in [1.54, 1.807) is 18.0 Å². The first kappa shape index (κ1) is 14.5. The third-order valence-electron chi connectivity index (χ3n) is 2.53. The number of nitrogens with one attached hydrogen (secondary N) is 1. The monoisotopic (exact) mass is 254 g/mol. The summed E-state index contributed by atoms with van der Waals surface area (Å²) in [5.41, 5.74) is -0.198. The predicted molar refractivity (Wildman–Crippen MR) is 73.3 cm³/mol. The van der Waals surface area contributed by atoms with E-state index in [1.807, 2.05) is 18.2 Å². The summed E-state index contributed by atoms with van der Waals surface area (Å²) in [4.78, 5) is 4.27. The lowest BCUT2D eigenvalue weighted by Gasteiger charge is -2.31. The second-order valence-corrected chi connectivity index (χ2v) is 5.90. The Labute approximate surface area is 108 Å². The van der Waals surface area contributed by atoms with E-state index in [0.29, 0.717) is 6.04 Å². The van der Waals surface area contributed by atoms with Crippen LogP contribution >= 0.6 is 11.8 Å². The lowest BCUT2D eigenvalue weighted by Crippen LogP contribution is -2.49.